The topological polar surface area (TPSA) is 46.3 Å². The minimum Gasteiger partial charge on any atom is -0.331 e. The van der Waals surface area contributed by atoms with E-state index in [-0.39, 0.29) is 12.1 Å². The molecule has 1 aliphatic carbocycles. The van der Waals surface area contributed by atoms with E-state index < -0.39 is 0 Å². The molecule has 0 aromatic heterocycles. The highest BCUT2D eigenvalue weighted by Crippen LogP contribution is 2.36. The van der Waals surface area contributed by atoms with E-state index in [0.29, 0.717) is 18.4 Å². The van der Waals surface area contributed by atoms with E-state index in [0.717, 1.165) is 19.3 Å². The molecular formula is C18H26N2O. The van der Waals surface area contributed by atoms with Crippen LogP contribution in [-0.2, 0) is 4.79 Å². The standard InChI is InChI=1S/C18H26N2O/c1-13-7-9-14(10-8-13)18-16(19)11-12-17(21)20(18)15-5-3-2-4-6-15/h7-10,15-16,18H,2-6,11-12,19H2,1H3. The first-order chi connectivity index (χ1) is 10.2. The number of piperidine rings is 1. The maximum atomic E-state index is 12.6. The van der Waals surface area contributed by atoms with Crippen molar-refractivity contribution in [2.24, 2.45) is 5.73 Å². The number of hydrogen-bond acceptors (Lipinski definition) is 2. The first kappa shape index (κ1) is 14.6. The van der Waals surface area contributed by atoms with Gasteiger partial charge in [-0.1, -0.05) is 49.1 Å². The van der Waals surface area contributed by atoms with Gasteiger partial charge in [0, 0.05) is 18.5 Å². The number of amides is 1. The summed E-state index contributed by atoms with van der Waals surface area (Å²) in [5.41, 5.74) is 8.86. The van der Waals surface area contributed by atoms with Crippen molar-refractivity contribution >= 4 is 5.91 Å². The lowest BCUT2D eigenvalue weighted by Gasteiger charge is -2.45. The first-order valence-electron chi connectivity index (χ1n) is 8.30. The van der Waals surface area contributed by atoms with Gasteiger partial charge in [-0.3, -0.25) is 4.79 Å². The minimum absolute atomic E-state index is 0.0623. The molecule has 2 atom stereocenters. The maximum Gasteiger partial charge on any atom is 0.223 e. The molecule has 2 unspecified atom stereocenters. The van der Waals surface area contributed by atoms with Crippen molar-refractivity contribution in [2.45, 2.75) is 70.0 Å². The molecule has 114 valence electrons. The molecule has 1 aliphatic heterocycles. The molecule has 0 bridgehead atoms. The van der Waals surface area contributed by atoms with Crippen LogP contribution in [0, 0.1) is 6.92 Å². The van der Waals surface area contributed by atoms with Gasteiger partial charge in [-0.05, 0) is 31.7 Å². The van der Waals surface area contributed by atoms with E-state index in [2.05, 4.69) is 36.1 Å². The number of likely N-dealkylation sites (tertiary alicyclic amines) is 1. The van der Waals surface area contributed by atoms with Crippen LogP contribution in [0.25, 0.3) is 0 Å². The Balaban J connectivity index is 1.91. The first-order valence-corrected chi connectivity index (χ1v) is 8.30. The van der Waals surface area contributed by atoms with Crippen molar-refractivity contribution in [3.8, 4) is 0 Å². The van der Waals surface area contributed by atoms with Gasteiger partial charge in [-0.2, -0.15) is 0 Å². The molecule has 1 saturated heterocycles. The zero-order chi connectivity index (χ0) is 14.8. The summed E-state index contributed by atoms with van der Waals surface area (Å²) in [6, 6.07) is 9.06. The predicted octanol–water partition coefficient (Wildman–Crippen LogP) is 3.32. The number of hydrogen-bond donors (Lipinski definition) is 1. The van der Waals surface area contributed by atoms with E-state index in [1.54, 1.807) is 0 Å². The van der Waals surface area contributed by atoms with Crippen LogP contribution >= 0.6 is 0 Å². The summed E-state index contributed by atoms with van der Waals surface area (Å²) in [6.07, 6.45) is 7.48. The number of benzene rings is 1. The fraction of sp³-hybridized carbons (Fsp3) is 0.611. The van der Waals surface area contributed by atoms with Crippen LogP contribution < -0.4 is 5.73 Å². The van der Waals surface area contributed by atoms with Crippen molar-refractivity contribution in [1.82, 2.24) is 4.90 Å². The second-order valence-corrected chi connectivity index (χ2v) is 6.65. The molecule has 3 heteroatoms. The highest BCUT2D eigenvalue weighted by molar-refractivity contribution is 5.78. The Morgan fingerprint density at radius 1 is 1.05 bits per heavy atom. The zero-order valence-electron chi connectivity index (χ0n) is 12.9. The number of aryl methyl sites for hydroxylation is 1. The van der Waals surface area contributed by atoms with E-state index >= 15 is 0 Å². The third kappa shape index (κ3) is 2.98. The van der Waals surface area contributed by atoms with Gasteiger partial charge in [0.05, 0.1) is 6.04 Å². The monoisotopic (exact) mass is 286 g/mol. The van der Waals surface area contributed by atoms with Gasteiger partial charge in [0.25, 0.3) is 0 Å². The summed E-state index contributed by atoms with van der Waals surface area (Å²) in [5, 5.41) is 0. The molecule has 1 saturated carbocycles. The molecule has 1 amide bonds. The second kappa shape index (κ2) is 6.18. The zero-order valence-corrected chi connectivity index (χ0v) is 12.9. The summed E-state index contributed by atoms with van der Waals surface area (Å²) >= 11 is 0. The molecule has 3 rings (SSSR count). The average Bonchev–Trinajstić information content (AvgIpc) is 2.51. The molecule has 0 spiro atoms. The lowest BCUT2D eigenvalue weighted by molar-refractivity contribution is -0.141. The summed E-state index contributed by atoms with van der Waals surface area (Å²) < 4.78 is 0. The third-order valence-electron chi connectivity index (χ3n) is 5.07. The average molecular weight is 286 g/mol. The van der Waals surface area contributed by atoms with Crippen molar-refractivity contribution in [2.75, 3.05) is 0 Å². The highest BCUT2D eigenvalue weighted by Gasteiger charge is 2.39. The van der Waals surface area contributed by atoms with Crippen LogP contribution in [0.15, 0.2) is 24.3 Å². The molecule has 1 heterocycles. The van der Waals surface area contributed by atoms with Crippen LogP contribution in [0.5, 0.6) is 0 Å². The molecule has 2 fully saturated rings. The Labute approximate surface area is 127 Å². The summed E-state index contributed by atoms with van der Waals surface area (Å²) in [5.74, 6) is 0.300. The van der Waals surface area contributed by atoms with Crippen LogP contribution in [0.4, 0.5) is 0 Å². The molecule has 2 N–H and O–H groups in total. The minimum atomic E-state index is 0.0623. The molecule has 0 radical (unpaired) electrons. The van der Waals surface area contributed by atoms with Gasteiger partial charge in [0.15, 0.2) is 0 Å². The smallest absolute Gasteiger partial charge is 0.223 e. The quantitative estimate of drug-likeness (QED) is 0.906. The van der Waals surface area contributed by atoms with Gasteiger partial charge >= 0.3 is 0 Å². The van der Waals surface area contributed by atoms with Crippen molar-refractivity contribution in [3.63, 3.8) is 0 Å². The van der Waals surface area contributed by atoms with E-state index in [4.69, 9.17) is 5.73 Å². The summed E-state index contributed by atoms with van der Waals surface area (Å²) in [7, 11) is 0. The molecule has 1 aromatic carbocycles. The van der Waals surface area contributed by atoms with Crippen molar-refractivity contribution in [1.29, 1.82) is 0 Å². The van der Waals surface area contributed by atoms with Gasteiger partial charge in [0.1, 0.15) is 0 Å². The fourth-order valence-electron chi connectivity index (χ4n) is 3.90. The maximum absolute atomic E-state index is 12.6. The number of rotatable bonds is 2. The molecular weight excluding hydrogens is 260 g/mol. The number of carbonyl (C=O) groups excluding carboxylic acids is 1. The van der Waals surface area contributed by atoms with Crippen LogP contribution in [0.3, 0.4) is 0 Å². The van der Waals surface area contributed by atoms with Gasteiger partial charge in [-0.15, -0.1) is 0 Å². The lowest BCUT2D eigenvalue weighted by Crippen LogP contribution is -2.53. The van der Waals surface area contributed by atoms with Gasteiger partial charge in [0.2, 0.25) is 5.91 Å². The molecule has 1 aromatic rings. The Bertz CT molecular complexity index is 490. The summed E-state index contributed by atoms with van der Waals surface area (Å²) in [6.45, 7) is 2.09. The predicted molar refractivity (Wildman–Crippen MR) is 84.8 cm³/mol. The fourth-order valence-corrected chi connectivity index (χ4v) is 3.90. The van der Waals surface area contributed by atoms with E-state index in [9.17, 15) is 4.79 Å². The van der Waals surface area contributed by atoms with Crippen LogP contribution in [-0.4, -0.2) is 22.9 Å². The van der Waals surface area contributed by atoms with E-state index in [1.165, 1.54) is 30.4 Å². The second-order valence-electron chi connectivity index (χ2n) is 6.65. The third-order valence-corrected chi connectivity index (χ3v) is 5.07. The van der Waals surface area contributed by atoms with Crippen molar-refractivity contribution in [3.05, 3.63) is 35.4 Å². The SMILES string of the molecule is Cc1ccc(C2C(N)CCC(=O)N2C2CCCCC2)cc1. The summed E-state index contributed by atoms with van der Waals surface area (Å²) in [4.78, 5) is 14.7. The molecule has 21 heavy (non-hydrogen) atoms. The van der Waals surface area contributed by atoms with Crippen LogP contribution in [0.1, 0.15) is 62.1 Å². The largest absolute Gasteiger partial charge is 0.331 e. The lowest BCUT2D eigenvalue weighted by atomic mass is 9.85. The molecule has 3 nitrogen and oxygen atoms in total. The van der Waals surface area contributed by atoms with Gasteiger partial charge < -0.3 is 10.6 Å². The molecule has 2 aliphatic rings. The number of nitrogens with zero attached hydrogens (tertiary/aromatic N) is 1. The Morgan fingerprint density at radius 3 is 2.38 bits per heavy atom. The Kier molecular flexibility index (Phi) is 4.29. The normalized spacial score (nSPS) is 27.9. The van der Waals surface area contributed by atoms with Gasteiger partial charge in [-0.25, -0.2) is 0 Å². The van der Waals surface area contributed by atoms with Crippen molar-refractivity contribution < 1.29 is 4.79 Å². The number of carbonyl (C=O) groups is 1. The van der Waals surface area contributed by atoms with E-state index in [1.807, 2.05) is 0 Å². The highest BCUT2D eigenvalue weighted by atomic mass is 16.2. The van der Waals surface area contributed by atoms with Crippen LogP contribution in [0.2, 0.25) is 0 Å². The Morgan fingerprint density at radius 2 is 1.71 bits per heavy atom. The Hall–Kier alpha value is -1.35. The number of nitrogens with two attached hydrogens (primary N) is 1.